The lowest BCUT2D eigenvalue weighted by Crippen LogP contribution is -2.23. The van der Waals surface area contributed by atoms with Gasteiger partial charge in [-0.2, -0.15) is 0 Å². The molecule has 0 spiro atoms. The first-order valence-corrected chi connectivity index (χ1v) is 7.72. The lowest BCUT2D eigenvalue weighted by molar-refractivity contribution is 0.551. The third kappa shape index (κ3) is 5.28. The molecule has 0 aliphatic heterocycles. The molecule has 0 radical (unpaired) electrons. The van der Waals surface area contributed by atoms with Crippen molar-refractivity contribution in [2.75, 3.05) is 18.1 Å². The first-order valence-electron chi connectivity index (χ1n) is 5.90. The molecular weight excluding hydrogens is 236 g/mol. The number of aromatic nitrogens is 1. The molecule has 0 amide bonds. The van der Waals surface area contributed by atoms with E-state index >= 15 is 0 Å². The van der Waals surface area contributed by atoms with Crippen molar-refractivity contribution in [3.05, 3.63) is 30.1 Å². The van der Waals surface area contributed by atoms with Crippen LogP contribution in [0.2, 0.25) is 0 Å². The number of hydrogen-bond donors (Lipinski definition) is 1. The zero-order valence-electron chi connectivity index (χ0n) is 10.4. The Kier molecular flexibility index (Phi) is 5.58. The van der Waals surface area contributed by atoms with E-state index in [1.165, 1.54) is 0 Å². The molecule has 0 saturated carbocycles. The fraction of sp³-hybridized carbons (Fsp3) is 0.583. The van der Waals surface area contributed by atoms with Gasteiger partial charge in [0.15, 0.2) is 0 Å². The Balaban J connectivity index is 2.28. The molecule has 1 heterocycles. The van der Waals surface area contributed by atoms with Gasteiger partial charge in [0.2, 0.25) is 0 Å². The molecule has 0 aromatic carbocycles. The summed E-state index contributed by atoms with van der Waals surface area (Å²) in [4.78, 5) is 4.24. The van der Waals surface area contributed by atoms with E-state index in [4.69, 9.17) is 0 Å². The number of hydrogen-bond acceptors (Lipinski definition) is 4. The second-order valence-corrected chi connectivity index (χ2v) is 6.49. The standard InChI is InChI=1S/C12H20N2O2S/c1-3-17(15,16)10-6-9-13-11(2)12-7-4-5-8-14-12/h4-5,7-8,11,13H,3,6,9-10H2,1-2H3/t11-/m1/s1. The summed E-state index contributed by atoms with van der Waals surface area (Å²) < 4.78 is 22.5. The largest absolute Gasteiger partial charge is 0.309 e. The fourth-order valence-corrected chi connectivity index (χ4v) is 2.36. The van der Waals surface area contributed by atoms with E-state index < -0.39 is 9.84 Å². The van der Waals surface area contributed by atoms with Crippen molar-refractivity contribution in [2.24, 2.45) is 0 Å². The maximum atomic E-state index is 11.3. The number of rotatable bonds is 7. The Bertz CT molecular complexity index is 417. The third-order valence-electron chi connectivity index (χ3n) is 2.65. The van der Waals surface area contributed by atoms with Crippen molar-refractivity contribution in [2.45, 2.75) is 26.3 Å². The Morgan fingerprint density at radius 2 is 2.18 bits per heavy atom. The average molecular weight is 256 g/mol. The van der Waals surface area contributed by atoms with Gasteiger partial charge in [-0.1, -0.05) is 13.0 Å². The predicted octanol–water partition coefficient (Wildman–Crippen LogP) is 1.56. The van der Waals surface area contributed by atoms with Gasteiger partial charge in [-0.05, 0) is 32.0 Å². The maximum absolute atomic E-state index is 11.3. The first-order chi connectivity index (χ1) is 8.05. The molecule has 0 aliphatic rings. The van der Waals surface area contributed by atoms with E-state index in [2.05, 4.69) is 10.3 Å². The maximum Gasteiger partial charge on any atom is 0.150 e. The monoisotopic (exact) mass is 256 g/mol. The van der Waals surface area contributed by atoms with Crippen molar-refractivity contribution in [3.63, 3.8) is 0 Å². The Labute approximate surface area is 103 Å². The molecule has 1 rings (SSSR count). The highest BCUT2D eigenvalue weighted by atomic mass is 32.2. The molecule has 1 aromatic heterocycles. The van der Waals surface area contributed by atoms with Crippen LogP contribution in [0, 0.1) is 0 Å². The van der Waals surface area contributed by atoms with Gasteiger partial charge < -0.3 is 5.32 Å². The summed E-state index contributed by atoms with van der Waals surface area (Å²) in [5, 5.41) is 3.27. The quantitative estimate of drug-likeness (QED) is 0.752. The molecule has 5 heteroatoms. The summed E-state index contributed by atoms with van der Waals surface area (Å²) >= 11 is 0. The predicted molar refractivity (Wildman–Crippen MR) is 69.6 cm³/mol. The molecule has 1 aromatic rings. The summed E-state index contributed by atoms with van der Waals surface area (Å²) in [6, 6.07) is 5.94. The number of sulfone groups is 1. The summed E-state index contributed by atoms with van der Waals surface area (Å²) in [6.45, 7) is 4.40. The molecular formula is C12H20N2O2S. The van der Waals surface area contributed by atoms with E-state index in [-0.39, 0.29) is 17.5 Å². The molecule has 4 nitrogen and oxygen atoms in total. The van der Waals surface area contributed by atoms with Crippen molar-refractivity contribution in [1.82, 2.24) is 10.3 Å². The van der Waals surface area contributed by atoms with Crippen molar-refractivity contribution < 1.29 is 8.42 Å². The minimum absolute atomic E-state index is 0.153. The fourth-order valence-electron chi connectivity index (χ4n) is 1.49. The molecule has 0 unspecified atom stereocenters. The van der Waals surface area contributed by atoms with E-state index in [0.717, 1.165) is 5.69 Å². The van der Waals surface area contributed by atoms with E-state index in [1.807, 2.05) is 25.1 Å². The van der Waals surface area contributed by atoms with Gasteiger partial charge in [-0.25, -0.2) is 8.42 Å². The van der Waals surface area contributed by atoms with Gasteiger partial charge in [0.25, 0.3) is 0 Å². The molecule has 0 fully saturated rings. The molecule has 17 heavy (non-hydrogen) atoms. The lowest BCUT2D eigenvalue weighted by Gasteiger charge is -2.12. The summed E-state index contributed by atoms with van der Waals surface area (Å²) in [5.41, 5.74) is 0.978. The average Bonchev–Trinajstić information content (AvgIpc) is 2.35. The molecule has 0 bridgehead atoms. The van der Waals surface area contributed by atoms with Crippen LogP contribution in [0.15, 0.2) is 24.4 Å². The molecule has 1 N–H and O–H groups in total. The van der Waals surface area contributed by atoms with Crippen LogP contribution in [0.1, 0.15) is 32.0 Å². The zero-order valence-corrected chi connectivity index (χ0v) is 11.2. The SMILES string of the molecule is CCS(=O)(=O)CCCN[C@H](C)c1ccccn1. The van der Waals surface area contributed by atoms with Gasteiger partial charge in [-0.3, -0.25) is 4.98 Å². The Hall–Kier alpha value is -0.940. The van der Waals surface area contributed by atoms with Crippen LogP contribution in [-0.2, 0) is 9.84 Å². The molecule has 96 valence electrons. The Morgan fingerprint density at radius 1 is 1.41 bits per heavy atom. The lowest BCUT2D eigenvalue weighted by atomic mass is 10.2. The smallest absolute Gasteiger partial charge is 0.150 e. The highest BCUT2D eigenvalue weighted by Gasteiger charge is 2.08. The minimum Gasteiger partial charge on any atom is -0.309 e. The van der Waals surface area contributed by atoms with Crippen LogP contribution in [0.4, 0.5) is 0 Å². The van der Waals surface area contributed by atoms with Gasteiger partial charge in [0, 0.05) is 18.0 Å². The number of nitrogens with zero attached hydrogens (tertiary/aromatic N) is 1. The molecule has 0 aliphatic carbocycles. The minimum atomic E-state index is -2.84. The van der Waals surface area contributed by atoms with Crippen molar-refractivity contribution in [1.29, 1.82) is 0 Å². The molecule has 0 saturated heterocycles. The van der Waals surface area contributed by atoms with E-state index in [1.54, 1.807) is 13.1 Å². The van der Waals surface area contributed by atoms with Crippen LogP contribution < -0.4 is 5.32 Å². The van der Waals surface area contributed by atoms with Crippen LogP contribution in [-0.4, -0.2) is 31.5 Å². The third-order valence-corrected chi connectivity index (χ3v) is 4.44. The van der Waals surface area contributed by atoms with E-state index in [0.29, 0.717) is 13.0 Å². The summed E-state index contributed by atoms with van der Waals surface area (Å²) in [6.07, 6.45) is 2.41. The van der Waals surface area contributed by atoms with Crippen LogP contribution in [0.3, 0.4) is 0 Å². The Morgan fingerprint density at radius 3 is 2.76 bits per heavy atom. The van der Waals surface area contributed by atoms with Crippen molar-refractivity contribution >= 4 is 9.84 Å². The zero-order chi connectivity index (χ0) is 12.7. The first kappa shape index (κ1) is 14.1. The van der Waals surface area contributed by atoms with Crippen LogP contribution in [0.25, 0.3) is 0 Å². The van der Waals surface area contributed by atoms with Crippen LogP contribution >= 0.6 is 0 Å². The topological polar surface area (TPSA) is 59.1 Å². The van der Waals surface area contributed by atoms with Crippen LogP contribution in [0.5, 0.6) is 0 Å². The highest BCUT2D eigenvalue weighted by Crippen LogP contribution is 2.07. The number of pyridine rings is 1. The van der Waals surface area contributed by atoms with Crippen molar-refractivity contribution in [3.8, 4) is 0 Å². The second-order valence-electron chi connectivity index (χ2n) is 4.02. The number of nitrogens with one attached hydrogen (secondary N) is 1. The van der Waals surface area contributed by atoms with Gasteiger partial charge in [-0.15, -0.1) is 0 Å². The molecule has 1 atom stereocenters. The summed E-state index contributed by atoms with van der Waals surface area (Å²) in [7, 11) is -2.84. The summed E-state index contributed by atoms with van der Waals surface area (Å²) in [5.74, 6) is 0.480. The highest BCUT2D eigenvalue weighted by molar-refractivity contribution is 7.91. The van der Waals surface area contributed by atoms with Gasteiger partial charge in [0.05, 0.1) is 11.4 Å². The second kappa shape index (κ2) is 6.71. The normalized spacial score (nSPS) is 13.5. The van der Waals surface area contributed by atoms with E-state index in [9.17, 15) is 8.42 Å². The van der Waals surface area contributed by atoms with Gasteiger partial charge in [0.1, 0.15) is 9.84 Å². The van der Waals surface area contributed by atoms with Gasteiger partial charge >= 0.3 is 0 Å².